The molecule has 6 heteroatoms. The fourth-order valence-corrected chi connectivity index (χ4v) is 13.1. The lowest BCUT2D eigenvalue weighted by Crippen LogP contribution is -2.15. The fourth-order valence-electron chi connectivity index (χ4n) is 6.29. The first-order chi connectivity index (χ1) is 24.2. The van der Waals surface area contributed by atoms with E-state index in [9.17, 15) is 0 Å². The van der Waals surface area contributed by atoms with Gasteiger partial charge >= 0.3 is 0 Å². The standard InChI is InChI=1S/C45H50N3P3/c1-33-10-21-39(22-11-33)49(6,7)47-44-31-20-38(46-50(8,40-23-12-34(2)13-24-40)41-25-14-35(3)15-26-41)32-45(44)48-51(9,42-27-16-36(4)17-28-42)43-29-18-37(5)19-30-43/h10-32H,1-9H3. The summed E-state index contributed by atoms with van der Waals surface area (Å²) in [7, 11) is -6.33. The topological polar surface area (TPSA) is 37.1 Å². The summed E-state index contributed by atoms with van der Waals surface area (Å²) < 4.78 is 17.1. The number of rotatable bonds is 8. The molecule has 0 aliphatic carbocycles. The summed E-state index contributed by atoms with van der Waals surface area (Å²) in [5.41, 5.74) is 8.97. The Labute approximate surface area is 306 Å². The van der Waals surface area contributed by atoms with E-state index in [-0.39, 0.29) is 0 Å². The highest BCUT2D eigenvalue weighted by molar-refractivity contribution is 7.80. The summed E-state index contributed by atoms with van der Waals surface area (Å²) in [6.45, 7) is 20.0. The summed E-state index contributed by atoms with van der Waals surface area (Å²) >= 11 is 0. The molecule has 0 aliphatic rings. The van der Waals surface area contributed by atoms with E-state index in [0.717, 1.165) is 17.1 Å². The zero-order chi connectivity index (χ0) is 36.4. The Morgan fingerprint density at radius 1 is 0.314 bits per heavy atom. The van der Waals surface area contributed by atoms with Crippen molar-refractivity contribution in [2.24, 2.45) is 14.2 Å². The molecule has 0 atom stereocenters. The van der Waals surface area contributed by atoms with Crippen molar-refractivity contribution in [3.63, 3.8) is 0 Å². The van der Waals surface area contributed by atoms with Gasteiger partial charge in [-0.3, -0.25) is 14.2 Å². The molecule has 0 aliphatic heterocycles. The van der Waals surface area contributed by atoms with Gasteiger partial charge in [-0.25, -0.2) is 0 Å². The molecule has 260 valence electrons. The molecule has 6 rings (SSSR count). The molecule has 6 aromatic rings. The molecule has 0 aromatic heterocycles. The maximum absolute atomic E-state index is 5.83. The summed E-state index contributed by atoms with van der Waals surface area (Å²) in [5, 5.41) is 6.28. The van der Waals surface area contributed by atoms with E-state index < -0.39 is 21.2 Å². The van der Waals surface area contributed by atoms with Gasteiger partial charge in [0.1, 0.15) is 0 Å². The molecule has 0 bridgehead atoms. The van der Waals surface area contributed by atoms with Crippen molar-refractivity contribution in [3.8, 4) is 0 Å². The van der Waals surface area contributed by atoms with Gasteiger partial charge in [-0.15, -0.1) is 0 Å². The molecule has 0 fully saturated rings. The molecule has 0 radical (unpaired) electrons. The van der Waals surface area contributed by atoms with Crippen LogP contribution in [-0.4, -0.2) is 26.7 Å². The van der Waals surface area contributed by atoms with Crippen molar-refractivity contribution in [2.45, 2.75) is 34.6 Å². The van der Waals surface area contributed by atoms with Gasteiger partial charge in [0, 0.05) is 21.2 Å². The lowest BCUT2D eigenvalue weighted by molar-refractivity contribution is 1.44. The second-order valence-corrected chi connectivity index (χ2v) is 24.3. The lowest BCUT2D eigenvalue weighted by atomic mass is 10.2. The van der Waals surface area contributed by atoms with Gasteiger partial charge < -0.3 is 0 Å². The first-order valence-electron chi connectivity index (χ1n) is 17.5. The van der Waals surface area contributed by atoms with E-state index in [1.807, 2.05) is 0 Å². The van der Waals surface area contributed by atoms with Crippen LogP contribution in [0.25, 0.3) is 0 Å². The van der Waals surface area contributed by atoms with Crippen molar-refractivity contribution in [2.75, 3.05) is 26.7 Å². The van der Waals surface area contributed by atoms with Crippen LogP contribution in [0.5, 0.6) is 0 Å². The van der Waals surface area contributed by atoms with Gasteiger partial charge in [-0.05, 0) is 106 Å². The van der Waals surface area contributed by atoms with E-state index in [1.165, 1.54) is 54.3 Å². The van der Waals surface area contributed by atoms with Gasteiger partial charge in [0.2, 0.25) is 0 Å². The molecule has 0 heterocycles. The van der Waals surface area contributed by atoms with Crippen LogP contribution < -0.4 is 26.5 Å². The van der Waals surface area contributed by atoms with E-state index in [1.54, 1.807) is 0 Å². The Hall–Kier alpha value is -3.99. The predicted octanol–water partition coefficient (Wildman–Crippen LogP) is 11.9. The first-order valence-corrected chi connectivity index (χ1v) is 24.5. The Balaban J connectivity index is 1.66. The van der Waals surface area contributed by atoms with E-state index in [0.29, 0.717) is 0 Å². The van der Waals surface area contributed by atoms with Crippen LogP contribution in [0.3, 0.4) is 0 Å². The molecule has 51 heavy (non-hydrogen) atoms. The van der Waals surface area contributed by atoms with Crippen molar-refractivity contribution < 1.29 is 0 Å². The van der Waals surface area contributed by atoms with E-state index in [2.05, 4.69) is 201 Å². The zero-order valence-electron chi connectivity index (χ0n) is 31.5. The molecule has 0 saturated carbocycles. The Morgan fingerprint density at radius 2 is 0.627 bits per heavy atom. The normalized spacial score (nSPS) is 12.0. The SMILES string of the molecule is Cc1ccc(P(C)(C)=Nc2ccc(N=P(C)(c3ccc(C)cc3)c3ccc(C)cc3)cc2N=P(C)(c2ccc(C)cc2)c2ccc(C)cc2)cc1. The minimum atomic E-state index is -2.26. The second kappa shape index (κ2) is 14.9. The molecule has 0 saturated heterocycles. The monoisotopic (exact) mass is 725 g/mol. The summed E-state index contributed by atoms with van der Waals surface area (Å²) in [6.07, 6.45) is 0. The third kappa shape index (κ3) is 8.24. The minimum absolute atomic E-state index is 0.896. The molecule has 0 amide bonds. The van der Waals surface area contributed by atoms with Crippen molar-refractivity contribution in [1.29, 1.82) is 0 Å². The van der Waals surface area contributed by atoms with Crippen LogP contribution in [-0.2, 0) is 0 Å². The highest BCUT2D eigenvalue weighted by atomic mass is 31.2. The van der Waals surface area contributed by atoms with Crippen LogP contribution in [0, 0.1) is 34.6 Å². The van der Waals surface area contributed by atoms with Crippen LogP contribution in [0.4, 0.5) is 17.1 Å². The molecule has 3 nitrogen and oxygen atoms in total. The number of nitrogens with zero attached hydrogens (tertiary/aromatic N) is 3. The van der Waals surface area contributed by atoms with E-state index >= 15 is 0 Å². The maximum atomic E-state index is 5.83. The number of benzene rings is 6. The molecule has 0 N–H and O–H groups in total. The number of hydrogen-bond donors (Lipinski definition) is 0. The molecular formula is C45H50N3P3. The highest BCUT2D eigenvalue weighted by Crippen LogP contribution is 2.54. The van der Waals surface area contributed by atoms with Gasteiger partial charge in [-0.1, -0.05) is 149 Å². The van der Waals surface area contributed by atoms with Gasteiger partial charge in [0.25, 0.3) is 0 Å². The van der Waals surface area contributed by atoms with Crippen LogP contribution in [0.1, 0.15) is 27.8 Å². The average molecular weight is 726 g/mol. The fraction of sp³-hybridized carbons (Fsp3) is 0.200. The van der Waals surface area contributed by atoms with Gasteiger partial charge in [0.15, 0.2) is 0 Å². The zero-order valence-corrected chi connectivity index (χ0v) is 34.1. The summed E-state index contributed by atoms with van der Waals surface area (Å²) in [4.78, 5) is 0. The van der Waals surface area contributed by atoms with Crippen LogP contribution >= 0.6 is 21.2 Å². The van der Waals surface area contributed by atoms with Crippen molar-refractivity contribution in [3.05, 3.63) is 167 Å². The Bertz CT molecular complexity index is 2230. The largest absolute Gasteiger partial charge is 0.261 e. The molecule has 6 aromatic carbocycles. The third-order valence-electron chi connectivity index (χ3n) is 9.75. The number of hydrogen-bond acceptors (Lipinski definition) is 3. The van der Waals surface area contributed by atoms with Crippen LogP contribution in [0.15, 0.2) is 154 Å². The Morgan fingerprint density at radius 3 is 0.980 bits per heavy atom. The van der Waals surface area contributed by atoms with E-state index in [4.69, 9.17) is 14.2 Å². The average Bonchev–Trinajstić information content (AvgIpc) is 3.10. The smallest absolute Gasteiger partial charge is 0.0898 e. The quantitative estimate of drug-likeness (QED) is 0.140. The second-order valence-electron chi connectivity index (χ2n) is 14.5. The number of aryl methyl sites for hydroxylation is 5. The molecular weight excluding hydrogens is 675 g/mol. The predicted molar refractivity (Wildman–Crippen MR) is 231 cm³/mol. The van der Waals surface area contributed by atoms with Crippen LogP contribution in [0.2, 0.25) is 0 Å². The van der Waals surface area contributed by atoms with Gasteiger partial charge in [0.05, 0.1) is 17.1 Å². The Kier molecular flexibility index (Phi) is 10.8. The molecule has 0 unspecified atom stereocenters. The molecule has 0 spiro atoms. The minimum Gasteiger partial charge on any atom is -0.261 e. The van der Waals surface area contributed by atoms with Crippen molar-refractivity contribution >= 4 is 64.7 Å². The summed E-state index contributed by atoms with van der Waals surface area (Å²) in [6, 6.07) is 51.1. The summed E-state index contributed by atoms with van der Waals surface area (Å²) in [5.74, 6) is 0. The lowest BCUT2D eigenvalue weighted by Gasteiger charge is -2.24. The highest BCUT2D eigenvalue weighted by Gasteiger charge is 2.23. The maximum Gasteiger partial charge on any atom is 0.0898 e. The third-order valence-corrected chi connectivity index (χ3v) is 18.5. The van der Waals surface area contributed by atoms with Gasteiger partial charge in [-0.2, -0.15) is 0 Å². The van der Waals surface area contributed by atoms with Crippen molar-refractivity contribution in [1.82, 2.24) is 0 Å². The first kappa shape index (κ1) is 36.8.